The monoisotopic (exact) mass is 480 g/mol. The Kier molecular flexibility index (Phi) is 6.52. The molecule has 0 saturated carbocycles. The van der Waals surface area contributed by atoms with Gasteiger partial charge in [-0.25, -0.2) is 4.39 Å². The lowest BCUT2D eigenvalue weighted by Gasteiger charge is -2.21. The molecule has 2 aromatic heterocycles. The number of amides is 1. The van der Waals surface area contributed by atoms with Crippen LogP contribution in [0.15, 0.2) is 51.4 Å². The Morgan fingerprint density at radius 1 is 1.20 bits per heavy atom. The van der Waals surface area contributed by atoms with E-state index in [2.05, 4.69) is 10.5 Å². The number of aromatic nitrogens is 1. The van der Waals surface area contributed by atoms with Crippen molar-refractivity contribution in [1.82, 2.24) is 10.5 Å². The first-order valence-corrected chi connectivity index (χ1v) is 11.4. The van der Waals surface area contributed by atoms with E-state index < -0.39 is 0 Å². The fraction of sp³-hybridized carbons (Fsp3) is 0.308. The summed E-state index contributed by atoms with van der Waals surface area (Å²) in [6, 6.07) is 11.0. The Hall–Kier alpha value is -3.69. The lowest BCUT2D eigenvalue weighted by Crippen LogP contribution is -2.21. The van der Waals surface area contributed by atoms with Crippen LogP contribution in [0, 0.1) is 5.82 Å². The van der Waals surface area contributed by atoms with Crippen LogP contribution in [0.3, 0.4) is 0 Å². The maximum atomic E-state index is 13.5. The molecule has 1 unspecified atom stereocenters. The van der Waals surface area contributed by atoms with Crippen LogP contribution in [-0.4, -0.2) is 38.1 Å². The zero-order chi connectivity index (χ0) is 24.4. The molecule has 8 nitrogen and oxygen atoms in total. The van der Waals surface area contributed by atoms with Gasteiger partial charge in [-0.3, -0.25) is 4.79 Å². The van der Waals surface area contributed by atoms with Crippen molar-refractivity contribution in [1.29, 1.82) is 0 Å². The highest BCUT2D eigenvalue weighted by Gasteiger charge is 2.25. The van der Waals surface area contributed by atoms with Crippen LogP contribution < -0.4 is 10.1 Å². The van der Waals surface area contributed by atoms with E-state index in [0.29, 0.717) is 57.2 Å². The summed E-state index contributed by atoms with van der Waals surface area (Å²) >= 11 is 0. The van der Waals surface area contributed by atoms with E-state index in [-0.39, 0.29) is 24.6 Å². The van der Waals surface area contributed by atoms with Gasteiger partial charge in [0.2, 0.25) is 0 Å². The lowest BCUT2D eigenvalue weighted by molar-refractivity contribution is -0.171. The van der Waals surface area contributed by atoms with Crippen molar-refractivity contribution < 1.29 is 32.3 Å². The Morgan fingerprint density at radius 3 is 2.74 bits per heavy atom. The van der Waals surface area contributed by atoms with Crippen molar-refractivity contribution in [3.05, 3.63) is 59.6 Å². The number of carbonyl (C=O) groups is 1. The van der Waals surface area contributed by atoms with Crippen molar-refractivity contribution in [2.45, 2.75) is 32.2 Å². The maximum absolute atomic E-state index is 13.5. The van der Waals surface area contributed by atoms with Gasteiger partial charge in [-0.1, -0.05) is 5.16 Å². The number of nitrogens with one attached hydrogen (secondary N) is 1. The molecule has 1 amide bonds. The van der Waals surface area contributed by atoms with Crippen LogP contribution in [0.5, 0.6) is 5.75 Å². The smallest absolute Gasteiger partial charge is 0.255 e. The molecule has 1 aliphatic heterocycles. The number of hydrogen-bond donors (Lipinski definition) is 1. The number of ether oxygens (including phenoxy) is 3. The summed E-state index contributed by atoms with van der Waals surface area (Å²) in [4.78, 5) is 12.8. The minimum Gasteiger partial charge on any atom is -0.496 e. The molecule has 1 saturated heterocycles. The minimum absolute atomic E-state index is 0.235. The van der Waals surface area contributed by atoms with Gasteiger partial charge in [0, 0.05) is 36.2 Å². The van der Waals surface area contributed by atoms with E-state index in [9.17, 15) is 9.18 Å². The van der Waals surface area contributed by atoms with Crippen molar-refractivity contribution >= 4 is 16.9 Å². The zero-order valence-corrected chi connectivity index (χ0v) is 19.4. The highest BCUT2D eigenvalue weighted by atomic mass is 19.1. The summed E-state index contributed by atoms with van der Waals surface area (Å²) in [6.07, 6.45) is 2.74. The maximum Gasteiger partial charge on any atom is 0.255 e. The normalized spacial score (nSPS) is 15.9. The summed E-state index contributed by atoms with van der Waals surface area (Å²) in [5, 5.41) is 7.38. The van der Waals surface area contributed by atoms with Gasteiger partial charge >= 0.3 is 0 Å². The Bertz CT molecular complexity index is 1340. The number of nitrogens with zero attached hydrogens (tertiary/aromatic N) is 1. The third-order valence-corrected chi connectivity index (χ3v) is 5.95. The standard InChI is InChI=1S/C26H25FN2O6/c1-28-26(30)24-19-13-21(31-2)18(12-22(19)34-25(24)15-6-8-16(27)9-7-15)20-11-17(35-29-20)14-33-23-5-3-4-10-32-23/h6-9,11-13,23H,3-5,10,14H2,1-2H3,(H,28,30). The summed E-state index contributed by atoms with van der Waals surface area (Å²) < 4.78 is 42.0. The Morgan fingerprint density at radius 2 is 2.03 bits per heavy atom. The Balaban J connectivity index is 1.52. The minimum atomic E-state index is -0.379. The predicted molar refractivity (Wildman–Crippen MR) is 125 cm³/mol. The molecule has 5 rings (SSSR count). The Labute approximate surface area is 200 Å². The molecule has 4 aromatic rings. The number of methoxy groups -OCH3 is 1. The van der Waals surface area contributed by atoms with Gasteiger partial charge in [0.15, 0.2) is 12.1 Å². The molecule has 35 heavy (non-hydrogen) atoms. The summed E-state index contributed by atoms with van der Waals surface area (Å²) in [7, 11) is 3.08. The van der Waals surface area contributed by atoms with E-state index in [1.807, 2.05) is 0 Å². The first-order chi connectivity index (χ1) is 17.1. The van der Waals surface area contributed by atoms with Gasteiger partial charge < -0.3 is 28.5 Å². The molecule has 0 aliphatic carbocycles. The molecule has 9 heteroatoms. The van der Waals surface area contributed by atoms with Gasteiger partial charge in [-0.05, 0) is 55.7 Å². The quantitative estimate of drug-likeness (QED) is 0.383. The molecule has 3 heterocycles. The van der Waals surface area contributed by atoms with Gasteiger partial charge in [-0.2, -0.15) is 0 Å². The first-order valence-electron chi connectivity index (χ1n) is 11.4. The molecule has 182 valence electrons. The number of hydrogen-bond acceptors (Lipinski definition) is 7. The van der Waals surface area contributed by atoms with Crippen molar-refractivity contribution in [2.24, 2.45) is 0 Å². The molecule has 1 atom stereocenters. The van der Waals surface area contributed by atoms with Crippen LogP contribution in [0.4, 0.5) is 4.39 Å². The summed E-state index contributed by atoms with van der Waals surface area (Å²) in [5.41, 5.74) is 2.53. The lowest BCUT2D eigenvalue weighted by atomic mass is 10.0. The van der Waals surface area contributed by atoms with Crippen molar-refractivity contribution in [2.75, 3.05) is 20.8 Å². The van der Waals surface area contributed by atoms with Crippen LogP contribution in [0.1, 0.15) is 35.4 Å². The summed E-state index contributed by atoms with van der Waals surface area (Å²) in [6.45, 7) is 0.934. The second-order valence-corrected chi connectivity index (χ2v) is 8.23. The third kappa shape index (κ3) is 4.65. The predicted octanol–water partition coefficient (Wildman–Crippen LogP) is 5.31. The van der Waals surface area contributed by atoms with Crippen molar-refractivity contribution in [3.8, 4) is 28.3 Å². The van der Waals surface area contributed by atoms with Crippen LogP contribution in [0.2, 0.25) is 0 Å². The van der Waals surface area contributed by atoms with E-state index in [4.69, 9.17) is 23.2 Å². The molecule has 1 fully saturated rings. The van der Waals surface area contributed by atoms with Gasteiger partial charge in [0.05, 0.1) is 12.7 Å². The number of furan rings is 1. The molecular weight excluding hydrogens is 455 g/mol. The topological polar surface area (TPSA) is 96.0 Å². The fourth-order valence-electron chi connectivity index (χ4n) is 4.17. The SMILES string of the molecule is CNC(=O)c1c(-c2ccc(F)cc2)oc2cc(-c3cc(COC4CCCCO4)on3)c(OC)cc12. The summed E-state index contributed by atoms with van der Waals surface area (Å²) in [5.74, 6) is 0.666. The first kappa shape index (κ1) is 23.1. The van der Waals surface area contributed by atoms with E-state index in [1.54, 1.807) is 37.4 Å². The molecule has 1 aliphatic rings. The average Bonchev–Trinajstić information content (AvgIpc) is 3.52. The molecular formula is C26H25FN2O6. The number of fused-ring (bicyclic) bond motifs is 1. The highest BCUT2D eigenvalue weighted by Crippen LogP contribution is 2.40. The van der Waals surface area contributed by atoms with Gasteiger partial charge in [0.25, 0.3) is 5.91 Å². The highest BCUT2D eigenvalue weighted by molar-refractivity contribution is 6.12. The van der Waals surface area contributed by atoms with E-state index >= 15 is 0 Å². The number of benzene rings is 2. The van der Waals surface area contributed by atoms with Crippen molar-refractivity contribution in [3.63, 3.8) is 0 Å². The molecule has 2 aromatic carbocycles. The molecule has 0 radical (unpaired) electrons. The second kappa shape index (κ2) is 9.89. The van der Waals surface area contributed by atoms with Crippen LogP contribution >= 0.6 is 0 Å². The zero-order valence-electron chi connectivity index (χ0n) is 19.4. The van der Waals surface area contributed by atoms with E-state index in [1.165, 1.54) is 19.2 Å². The number of rotatable bonds is 7. The van der Waals surface area contributed by atoms with Gasteiger partial charge in [-0.15, -0.1) is 0 Å². The van der Waals surface area contributed by atoms with Crippen LogP contribution in [-0.2, 0) is 16.1 Å². The van der Waals surface area contributed by atoms with Gasteiger partial charge in [0.1, 0.15) is 35.2 Å². The van der Waals surface area contributed by atoms with Crippen LogP contribution in [0.25, 0.3) is 33.6 Å². The number of carbonyl (C=O) groups excluding carboxylic acids is 1. The second-order valence-electron chi connectivity index (χ2n) is 8.23. The number of halogens is 1. The van der Waals surface area contributed by atoms with E-state index in [0.717, 1.165) is 19.3 Å². The molecule has 0 spiro atoms. The largest absolute Gasteiger partial charge is 0.496 e. The fourth-order valence-corrected chi connectivity index (χ4v) is 4.17. The molecule has 1 N–H and O–H groups in total. The molecule has 0 bridgehead atoms. The third-order valence-electron chi connectivity index (χ3n) is 5.95. The average molecular weight is 480 g/mol.